The number of hydrogen-bond donors (Lipinski definition) is 1. The van der Waals surface area contributed by atoms with E-state index in [0.717, 1.165) is 21.7 Å². The third kappa shape index (κ3) is 2.72. The Labute approximate surface area is 116 Å². The van der Waals surface area contributed by atoms with Gasteiger partial charge >= 0.3 is 0 Å². The summed E-state index contributed by atoms with van der Waals surface area (Å²) >= 11 is 3.37. The minimum absolute atomic E-state index is 0.209. The monoisotopic (exact) mass is 308 g/mol. The lowest BCUT2D eigenvalue weighted by molar-refractivity contribution is 0.756. The van der Waals surface area contributed by atoms with E-state index in [1.54, 1.807) is 0 Å². The van der Waals surface area contributed by atoms with Crippen LogP contribution in [0.2, 0.25) is 0 Å². The maximum Gasteiger partial charge on any atom is 0.106 e. The second-order valence-electron chi connectivity index (χ2n) is 4.48. The molecule has 1 atom stereocenters. The largest absolute Gasteiger partial charge is 0.377 e. The SMILES string of the molecule is Cc1nc(Br)ccc1NC(C)c1cn(C)nc1C. The Morgan fingerprint density at radius 3 is 2.56 bits per heavy atom. The average Bonchev–Trinajstić information content (AvgIpc) is 2.62. The summed E-state index contributed by atoms with van der Waals surface area (Å²) < 4.78 is 2.70. The van der Waals surface area contributed by atoms with Gasteiger partial charge in [0.25, 0.3) is 0 Å². The first kappa shape index (κ1) is 13.1. The van der Waals surface area contributed by atoms with Crippen LogP contribution in [-0.2, 0) is 7.05 Å². The van der Waals surface area contributed by atoms with Crippen LogP contribution in [0.1, 0.15) is 29.9 Å². The summed E-state index contributed by atoms with van der Waals surface area (Å²) in [5, 5.41) is 7.84. The fourth-order valence-corrected chi connectivity index (χ4v) is 2.44. The molecule has 4 nitrogen and oxygen atoms in total. The van der Waals surface area contributed by atoms with Crippen LogP contribution in [0.5, 0.6) is 0 Å². The third-order valence-electron chi connectivity index (χ3n) is 2.94. The summed E-state index contributed by atoms with van der Waals surface area (Å²) in [6.45, 7) is 6.15. The first-order chi connectivity index (χ1) is 8.47. The summed E-state index contributed by atoms with van der Waals surface area (Å²) in [7, 11) is 1.94. The van der Waals surface area contributed by atoms with Crippen LogP contribution in [0.4, 0.5) is 5.69 Å². The first-order valence-corrected chi connectivity index (χ1v) is 6.66. The Bertz CT molecular complexity index is 562. The predicted molar refractivity (Wildman–Crippen MR) is 76.7 cm³/mol. The first-order valence-electron chi connectivity index (χ1n) is 5.87. The topological polar surface area (TPSA) is 42.7 Å². The van der Waals surface area contributed by atoms with Gasteiger partial charge in [-0.1, -0.05) is 0 Å². The standard InChI is InChI=1S/C13H17BrN4/c1-8(11-7-18(4)17-9(11)2)15-12-5-6-13(14)16-10(12)3/h5-8,15H,1-4H3. The molecule has 0 bridgehead atoms. The molecular weight excluding hydrogens is 292 g/mol. The van der Waals surface area contributed by atoms with Gasteiger partial charge in [-0.05, 0) is 48.8 Å². The molecule has 0 aliphatic heterocycles. The number of rotatable bonds is 3. The predicted octanol–water partition coefficient (Wildman–Crippen LogP) is 3.37. The molecule has 0 aliphatic carbocycles. The van der Waals surface area contributed by atoms with Crippen molar-refractivity contribution < 1.29 is 0 Å². The number of hydrogen-bond acceptors (Lipinski definition) is 3. The summed E-state index contributed by atoms with van der Waals surface area (Å²) in [6, 6.07) is 4.19. The maximum absolute atomic E-state index is 4.38. The molecule has 1 N–H and O–H groups in total. The molecule has 2 aromatic rings. The van der Waals surface area contributed by atoms with Gasteiger partial charge in [-0.25, -0.2) is 4.98 Å². The van der Waals surface area contributed by atoms with Gasteiger partial charge < -0.3 is 5.32 Å². The van der Waals surface area contributed by atoms with Crippen LogP contribution in [0, 0.1) is 13.8 Å². The van der Waals surface area contributed by atoms with E-state index in [0.29, 0.717) is 0 Å². The van der Waals surface area contributed by atoms with Gasteiger partial charge in [0.1, 0.15) is 4.60 Å². The molecular formula is C13H17BrN4. The highest BCUT2D eigenvalue weighted by molar-refractivity contribution is 9.10. The van der Waals surface area contributed by atoms with Crippen LogP contribution in [0.25, 0.3) is 0 Å². The van der Waals surface area contributed by atoms with Crippen LogP contribution in [-0.4, -0.2) is 14.8 Å². The molecule has 2 rings (SSSR count). The van der Waals surface area contributed by atoms with Gasteiger partial charge in [0.2, 0.25) is 0 Å². The number of aryl methyl sites for hydroxylation is 3. The van der Waals surface area contributed by atoms with Crippen LogP contribution in [0.15, 0.2) is 22.9 Å². The Balaban J connectivity index is 2.21. The van der Waals surface area contributed by atoms with Crippen molar-refractivity contribution in [1.82, 2.24) is 14.8 Å². The summed E-state index contributed by atoms with van der Waals surface area (Å²) in [5.74, 6) is 0. The number of pyridine rings is 1. The highest BCUT2D eigenvalue weighted by Gasteiger charge is 2.12. The molecule has 0 amide bonds. The van der Waals surface area contributed by atoms with Gasteiger partial charge in [-0.3, -0.25) is 4.68 Å². The number of halogens is 1. The number of anilines is 1. The van der Waals surface area contributed by atoms with Crippen molar-refractivity contribution in [3.05, 3.63) is 39.9 Å². The molecule has 0 aromatic carbocycles. The number of nitrogens with one attached hydrogen (secondary N) is 1. The minimum atomic E-state index is 0.209. The fourth-order valence-electron chi connectivity index (χ4n) is 2.04. The maximum atomic E-state index is 4.38. The van der Waals surface area contributed by atoms with Crippen molar-refractivity contribution in [3.63, 3.8) is 0 Å². The molecule has 0 fully saturated rings. The quantitative estimate of drug-likeness (QED) is 0.884. The van der Waals surface area contributed by atoms with Gasteiger partial charge in [0.05, 0.1) is 23.1 Å². The highest BCUT2D eigenvalue weighted by Crippen LogP contribution is 2.23. The molecule has 96 valence electrons. The molecule has 0 aliphatic rings. The Morgan fingerprint density at radius 1 is 1.28 bits per heavy atom. The molecule has 0 radical (unpaired) electrons. The molecule has 0 spiro atoms. The normalized spacial score (nSPS) is 12.5. The van der Waals surface area contributed by atoms with E-state index in [-0.39, 0.29) is 6.04 Å². The van der Waals surface area contributed by atoms with Crippen LogP contribution < -0.4 is 5.32 Å². The molecule has 0 saturated carbocycles. The smallest absolute Gasteiger partial charge is 0.106 e. The van der Waals surface area contributed by atoms with Gasteiger partial charge in [-0.15, -0.1) is 0 Å². The molecule has 2 aromatic heterocycles. The van der Waals surface area contributed by atoms with E-state index in [1.807, 2.05) is 37.7 Å². The zero-order chi connectivity index (χ0) is 13.3. The highest BCUT2D eigenvalue weighted by atomic mass is 79.9. The van der Waals surface area contributed by atoms with Crippen molar-refractivity contribution in [2.75, 3.05) is 5.32 Å². The molecule has 18 heavy (non-hydrogen) atoms. The van der Waals surface area contributed by atoms with E-state index in [2.05, 4.69) is 44.4 Å². The van der Waals surface area contributed by atoms with E-state index in [4.69, 9.17) is 0 Å². The van der Waals surface area contributed by atoms with Crippen LogP contribution >= 0.6 is 15.9 Å². The van der Waals surface area contributed by atoms with Gasteiger partial charge in [0.15, 0.2) is 0 Å². The molecule has 2 heterocycles. The number of aromatic nitrogens is 3. The Hall–Kier alpha value is -1.36. The zero-order valence-electron chi connectivity index (χ0n) is 11.0. The lowest BCUT2D eigenvalue weighted by atomic mass is 10.1. The van der Waals surface area contributed by atoms with Crippen LogP contribution in [0.3, 0.4) is 0 Å². The molecule has 0 saturated heterocycles. The van der Waals surface area contributed by atoms with Crippen molar-refractivity contribution >= 4 is 21.6 Å². The van der Waals surface area contributed by atoms with Crippen molar-refractivity contribution in [1.29, 1.82) is 0 Å². The summed E-state index contributed by atoms with van der Waals surface area (Å²) in [4.78, 5) is 4.38. The van der Waals surface area contributed by atoms with Crippen molar-refractivity contribution in [2.24, 2.45) is 7.05 Å². The number of nitrogens with zero attached hydrogens (tertiary/aromatic N) is 3. The van der Waals surface area contributed by atoms with E-state index < -0.39 is 0 Å². The average molecular weight is 309 g/mol. The minimum Gasteiger partial charge on any atom is -0.377 e. The van der Waals surface area contributed by atoms with E-state index in [9.17, 15) is 0 Å². The lowest BCUT2D eigenvalue weighted by Crippen LogP contribution is -2.08. The van der Waals surface area contributed by atoms with Crippen molar-refractivity contribution in [2.45, 2.75) is 26.8 Å². The molecule has 5 heteroatoms. The van der Waals surface area contributed by atoms with Crippen molar-refractivity contribution in [3.8, 4) is 0 Å². The van der Waals surface area contributed by atoms with E-state index in [1.165, 1.54) is 5.56 Å². The third-order valence-corrected chi connectivity index (χ3v) is 3.38. The Morgan fingerprint density at radius 2 is 2.00 bits per heavy atom. The second kappa shape index (κ2) is 5.10. The van der Waals surface area contributed by atoms with E-state index >= 15 is 0 Å². The fraction of sp³-hybridized carbons (Fsp3) is 0.385. The second-order valence-corrected chi connectivity index (χ2v) is 5.29. The summed E-state index contributed by atoms with van der Waals surface area (Å²) in [6.07, 6.45) is 2.05. The molecule has 1 unspecified atom stereocenters. The lowest BCUT2D eigenvalue weighted by Gasteiger charge is -2.16. The summed E-state index contributed by atoms with van der Waals surface area (Å²) in [5.41, 5.74) is 4.30. The van der Waals surface area contributed by atoms with Gasteiger partial charge in [-0.2, -0.15) is 5.10 Å². The Kier molecular flexibility index (Phi) is 3.71. The zero-order valence-corrected chi connectivity index (χ0v) is 12.6. The van der Waals surface area contributed by atoms with Gasteiger partial charge in [0, 0.05) is 18.8 Å².